The van der Waals surface area contributed by atoms with E-state index in [9.17, 15) is 4.79 Å². The third-order valence-electron chi connectivity index (χ3n) is 2.68. The standard InChI is InChI=1S/C14H13NO/c1-10-7-8-12(9-16)14(15)13(10)11-5-3-2-4-6-11/h2-9H,15H2,1H3. The van der Waals surface area contributed by atoms with Crippen molar-refractivity contribution >= 4 is 12.0 Å². The molecule has 0 saturated carbocycles. The maximum absolute atomic E-state index is 10.8. The maximum Gasteiger partial charge on any atom is 0.152 e. The Balaban J connectivity index is 2.69. The predicted molar refractivity (Wildman–Crippen MR) is 66.4 cm³/mol. The van der Waals surface area contributed by atoms with Crippen LogP contribution in [0.1, 0.15) is 15.9 Å². The molecule has 16 heavy (non-hydrogen) atoms. The number of benzene rings is 2. The van der Waals surface area contributed by atoms with Gasteiger partial charge in [-0.15, -0.1) is 0 Å². The van der Waals surface area contributed by atoms with Crippen LogP contribution in [0, 0.1) is 6.92 Å². The zero-order valence-electron chi connectivity index (χ0n) is 9.10. The number of hydrogen-bond donors (Lipinski definition) is 1. The zero-order chi connectivity index (χ0) is 11.5. The molecule has 2 N–H and O–H groups in total. The Hall–Kier alpha value is -2.09. The number of carbonyl (C=O) groups is 1. The number of carbonyl (C=O) groups excluding carboxylic acids is 1. The van der Waals surface area contributed by atoms with E-state index in [1.54, 1.807) is 6.07 Å². The lowest BCUT2D eigenvalue weighted by Gasteiger charge is -2.11. The van der Waals surface area contributed by atoms with E-state index in [-0.39, 0.29) is 0 Å². The smallest absolute Gasteiger partial charge is 0.152 e. The van der Waals surface area contributed by atoms with Crippen LogP contribution in [0.3, 0.4) is 0 Å². The molecule has 0 amide bonds. The number of aldehydes is 1. The van der Waals surface area contributed by atoms with Gasteiger partial charge in [-0.2, -0.15) is 0 Å². The van der Waals surface area contributed by atoms with Crippen molar-refractivity contribution in [1.29, 1.82) is 0 Å². The van der Waals surface area contributed by atoms with Crippen LogP contribution in [0.15, 0.2) is 42.5 Å². The topological polar surface area (TPSA) is 43.1 Å². The summed E-state index contributed by atoms with van der Waals surface area (Å²) < 4.78 is 0. The van der Waals surface area contributed by atoms with Crippen molar-refractivity contribution in [2.75, 3.05) is 5.73 Å². The molecule has 0 saturated heterocycles. The molecule has 0 aliphatic carbocycles. The van der Waals surface area contributed by atoms with Crippen LogP contribution >= 0.6 is 0 Å². The van der Waals surface area contributed by atoms with Crippen LogP contribution in [0.4, 0.5) is 5.69 Å². The first-order valence-electron chi connectivity index (χ1n) is 5.13. The van der Waals surface area contributed by atoms with Crippen molar-refractivity contribution in [3.8, 4) is 11.1 Å². The van der Waals surface area contributed by atoms with Crippen molar-refractivity contribution in [1.82, 2.24) is 0 Å². The van der Waals surface area contributed by atoms with Crippen molar-refractivity contribution in [2.24, 2.45) is 0 Å². The van der Waals surface area contributed by atoms with Crippen molar-refractivity contribution in [3.05, 3.63) is 53.6 Å². The molecule has 0 atom stereocenters. The van der Waals surface area contributed by atoms with E-state index in [1.807, 2.05) is 43.3 Å². The van der Waals surface area contributed by atoms with Gasteiger partial charge in [0.15, 0.2) is 6.29 Å². The number of anilines is 1. The molecule has 0 aromatic heterocycles. The highest BCUT2D eigenvalue weighted by Gasteiger charge is 2.09. The SMILES string of the molecule is Cc1ccc(C=O)c(N)c1-c1ccccc1. The Bertz CT molecular complexity index is 518. The largest absolute Gasteiger partial charge is 0.398 e. The third kappa shape index (κ3) is 1.70. The molecule has 0 fully saturated rings. The molecule has 80 valence electrons. The first-order valence-corrected chi connectivity index (χ1v) is 5.13. The Labute approximate surface area is 94.7 Å². The van der Waals surface area contributed by atoms with Gasteiger partial charge in [-0.05, 0) is 24.1 Å². The fourth-order valence-electron chi connectivity index (χ4n) is 1.84. The van der Waals surface area contributed by atoms with Crippen LogP contribution in [0.25, 0.3) is 11.1 Å². The molecular formula is C14H13NO. The second-order valence-electron chi connectivity index (χ2n) is 3.74. The number of nitrogen functional groups attached to an aromatic ring is 1. The molecule has 0 bridgehead atoms. The molecule has 0 heterocycles. The fraction of sp³-hybridized carbons (Fsp3) is 0.0714. The average Bonchev–Trinajstić information content (AvgIpc) is 2.31. The summed E-state index contributed by atoms with van der Waals surface area (Å²) in [5.41, 5.74) is 10.2. The van der Waals surface area contributed by atoms with E-state index in [1.165, 1.54) is 0 Å². The van der Waals surface area contributed by atoms with Crippen molar-refractivity contribution < 1.29 is 4.79 Å². The summed E-state index contributed by atoms with van der Waals surface area (Å²) in [5, 5.41) is 0. The second-order valence-corrected chi connectivity index (χ2v) is 3.74. The van der Waals surface area contributed by atoms with Gasteiger partial charge in [-0.25, -0.2) is 0 Å². The highest BCUT2D eigenvalue weighted by atomic mass is 16.1. The Kier molecular flexibility index (Phi) is 2.73. The van der Waals surface area contributed by atoms with E-state index >= 15 is 0 Å². The van der Waals surface area contributed by atoms with E-state index in [4.69, 9.17) is 5.73 Å². The molecule has 2 heteroatoms. The van der Waals surface area contributed by atoms with E-state index in [0.29, 0.717) is 11.3 Å². The molecule has 0 aliphatic heterocycles. The summed E-state index contributed by atoms with van der Waals surface area (Å²) in [4.78, 5) is 10.8. The van der Waals surface area contributed by atoms with Gasteiger partial charge in [0.2, 0.25) is 0 Å². The Morgan fingerprint density at radius 1 is 1.06 bits per heavy atom. The van der Waals surface area contributed by atoms with Crippen LogP contribution in [0.5, 0.6) is 0 Å². The minimum Gasteiger partial charge on any atom is -0.398 e. The summed E-state index contributed by atoms with van der Waals surface area (Å²) >= 11 is 0. The number of hydrogen-bond acceptors (Lipinski definition) is 2. The van der Waals surface area contributed by atoms with Gasteiger partial charge in [0, 0.05) is 11.1 Å². The molecule has 2 rings (SSSR count). The lowest BCUT2D eigenvalue weighted by molar-refractivity contribution is 0.112. The van der Waals surface area contributed by atoms with Crippen molar-refractivity contribution in [3.63, 3.8) is 0 Å². The summed E-state index contributed by atoms with van der Waals surface area (Å²) in [6.45, 7) is 1.99. The molecule has 2 aromatic rings. The minimum atomic E-state index is 0.546. The Morgan fingerprint density at radius 2 is 1.75 bits per heavy atom. The van der Waals surface area contributed by atoms with Crippen LogP contribution in [-0.2, 0) is 0 Å². The summed E-state index contributed by atoms with van der Waals surface area (Å²) in [6.07, 6.45) is 0.793. The van der Waals surface area contributed by atoms with Gasteiger partial charge in [0.1, 0.15) is 0 Å². The summed E-state index contributed by atoms with van der Waals surface area (Å²) in [7, 11) is 0. The lowest BCUT2D eigenvalue weighted by Crippen LogP contribution is -1.98. The maximum atomic E-state index is 10.8. The van der Waals surface area contributed by atoms with Gasteiger partial charge in [0.25, 0.3) is 0 Å². The lowest BCUT2D eigenvalue weighted by atomic mass is 9.96. The first-order chi connectivity index (χ1) is 7.74. The normalized spacial score (nSPS) is 10.1. The fourth-order valence-corrected chi connectivity index (χ4v) is 1.84. The van der Waals surface area contributed by atoms with Crippen molar-refractivity contribution in [2.45, 2.75) is 6.92 Å². The highest BCUT2D eigenvalue weighted by Crippen LogP contribution is 2.31. The van der Waals surface area contributed by atoms with Gasteiger partial charge in [0.05, 0.1) is 5.69 Å². The third-order valence-corrected chi connectivity index (χ3v) is 2.68. The molecule has 0 unspecified atom stereocenters. The number of aryl methyl sites for hydroxylation is 1. The zero-order valence-corrected chi connectivity index (χ0v) is 9.10. The minimum absolute atomic E-state index is 0.546. The monoisotopic (exact) mass is 211 g/mol. The van der Waals surface area contributed by atoms with E-state index < -0.39 is 0 Å². The molecule has 0 radical (unpaired) electrons. The molecule has 2 aromatic carbocycles. The second kappa shape index (κ2) is 4.19. The van der Waals surface area contributed by atoms with Crippen LogP contribution in [-0.4, -0.2) is 6.29 Å². The van der Waals surface area contributed by atoms with Gasteiger partial charge >= 0.3 is 0 Å². The highest BCUT2D eigenvalue weighted by molar-refractivity contribution is 5.92. The molecule has 0 aliphatic rings. The number of rotatable bonds is 2. The molecule has 0 spiro atoms. The van der Waals surface area contributed by atoms with Gasteiger partial charge in [-0.1, -0.05) is 36.4 Å². The predicted octanol–water partition coefficient (Wildman–Crippen LogP) is 3.06. The quantitative estimate of drug-likeness (QED) is 0.612. The molecular weight excluding hydrogens is 198 g/mol. The Morgan fingerprint density at radius 3 is 2.38 bits per heavy atom. The summed E-state index contributed by atoms with van der Waals surface area (Å²) in [6, 6.07) is 13.5. The van der Waals surface area contributed by atoms with Crippen LogP contribution < -0.4 is 5.73 Å². The first kappa shape index (κ1) is 10.4. The van der Waals surface area contributed by atoms with Crippen LogP contribution in [0.2, 0.25) is 0 Å². The average molecular weight is 211 g/mol. The van der Waals surface area contributed by atoms with E-state index in [0.717, 1.165) is 23.0 Å². The summed E-state index contributed by atoms with van der Waals surface area (Å²) in [5.74, 6) is 0. The van der Waals surface area contributed by atoms with Gasteiger partial charge < -0.3 is 5.73 Å². The molecule has 2 nitrogen and oxygen atoms in total. The van der Waals surface area contributed by atoms with E-state index in [2.05, 4.69) is 0 Å². The van der Waals surface area contributed by atoms with Gasteiger partial charge in [-0.3, -0.25) is 4.79 Å². The number of nitrogens with two attached hydrogens (primary N) is 1.